The zero-order valence-electron chi connectivity index (χ0n) is 12.1. The average Bonchev–Trinajstić information content (AvgIpc) is 2.47. The monoisotopic (exact) mass is 288 g/mol. The summed E-state index contributed by atoms with van der Waals surface area (Å²) in [5, 5.41) is 0. The first-order valence-corrected chi connectivity index (χ1v) is 6.62. The van der Waals surface area contributed by atoms with Gasteiger partial charge in [0.15, 0.2) is 0 Å². The maximum atomic E-state index is 13.7. The van der Waals surface area contributed by atoms with Crippen LogP contribution in [0.25, 0.3) is 0 Å². The summed E-state index contributed by atoms with van der Waals surface area (Å²) >= 11 is 0. The van der Waals surface area contributed by atoms with E-state index in [4.69, 9.17) is 9.47 Å². The van der Waals surface area contributed by atoms with E-state index >= 15 is 0 Å². The fourth-order valence-corrected chi connectivity index (χ4v) is 1.92. The normalized spacial score (nSPS) is 10.2. The molecule has 110 valence electrons. The predicted octanol–water partition coefficient (Wildman–Crippen LogP) is 3.54. The van der Waals surface area contributed by atoms with Crippen molar-refractivity contribution in [1.82, 2.24) is 0 Å². The van der Waals surface area contributed by atoms with Gasteiger partial charge in [0, 0.05) is 18.1 Å². The van der Waals surface area contributed by atoms with Gasteiger partial charge in [-0.1, -0.05) is 12.1 Å². The Kier molecular flexibility index (Phi) is 4.93. The molecule has 0 N–H and O–H groups in total. The van der Waals surface area contributed by atoms with Crippen LogP contribution in [0.15, 0.2) is 42.5 Å². The standard InChI is InChI=1S/C17H17FO3/c1-12(19)9-13-3-6-15(7-4-13)21-11-14-5-8-16(20-2)10-17(14)18/h3-8,10H,9,11H2,1-2H3. The van der Waals surface area contributed by atoms with Gasteiger partial charge >= 0.3 is 0 Å². The lowest BCUT2D eigenvalue weighted by Gasteiger charge is -2.09. The molecule has 0 aliphatic carbocycles. The molecule has 4 heteroatoms. The number of rotatable bonds is 6. The molecule has 0 fully saturated rings. The minimum absolute atomic E-state index is 0.115. The lowest BCUT2D eigenvalue weighted by molar-refractivity contribution is -0.116. The summed E-state index contributed by atoms with van der Waals surface area (Å²) in [5.41, 5.74) is 1.40. The van der Waals surface area contributed by atoms with Crippen LogP contribution in [0.4, 0.5) is 4.39 Å². The number of halogens is 1. The number of ether oxygens (including phenoxy) is 2. The second kappa shape index (κ2) is 6.88. The Morgan fingerprint density at radius 2 is 1.76 bits per heavy atom. The fourth-order valence-electron chi connectivity index (χ4n) is 1.92. The molecule has 0 aliphatic rings. The lowest BCUT2D eigenvalue weighted by Crippen LogP contribution is -2.00. The topological polar surface area (TPSA) is 35.5 Å². The molecular formula is C17H17FO3. The van der Waals surface area contributed by atoms with Gasteiger partial charge in [-0.2, -0.15) is 0 Å². The summed E-state index contributed by atoms with van der Waals surface area (Å²) in [6.45, 7) is 1.69. The van der Waals surface area contributed by atoms with Gasteiger partial charge in [-0.15, -0.1) is 0 Å². The highest BCUT2D eigenvalue weighted by Crippen LogP contribution is 2.19. The number of carbonyl (C=O) groups excluding carboxylic acids is 1. The first kappa shape index (κ1) is 15.0. The maximum Gasteiger partial charge on any atom is 0.134 e. The summed E-state index contributed by atoms with van der Waals surface area (Å²) in [6.07, 6.45) is 0.410. The van der Waals surface area contributed by atoms with Gasteiger partial charge in [0.05, 0.1) is 7.11 Å². The van der Waals surface area contributed by atoms with Crippen LogP contribution in [0.3, 0.4) is 0 Å². The van der Waals surface area contributed by atoms with Crippen molar-refractivity contribution in [2.75, 3.05) is 7.11 Å². The Hall–Kier alpha value is -2.36. The molecule has 2 aromatic carbocycles. The zero-order chi connectivity index (χ0) is 15.2. The van der Waals surface area contributed by atoms with Crippen molar-refractivity contribution >= 4 is 5.78 Å². The SMILES string of the molecule is COc1ccc(COc2ccc(CC(C)=O)cc2)c(F)c1. The van der Waals surface area contributed by atoms with Gasteiger partial charge in [-0.3, -0.25) is 4.79 Å². The van der Waals surface area contributed by atoms with Crippen molar-refractivity contribution in [1.29, 1.82) is 0 Å². The Morgan fingerprint density at radius 1 is 1.10 bits per heavy atom. The van der Waals surface area contributed by atoms with E-state index in [9.17, 15) is 9.18 Å². The number of methoxy groups -OCH3 is 1. The molecule has 0 bridgehead atoms. The number of benzene rings is 2. The third-order valence-corrected chi connectivity index (χ3v) is 3.03. The first-order chi connectivity index (χ1) is 10.1. The van der Waals surface area contributed by atoms with E-state index in [1.54, 1.807) is 31.2 Å². The van der Waals surface area contributed by atoms with Crippen molar-refractivity contribution in [3.8, 4) is 11.5 Å². The largest absolute Gasteiger partial charge is 0.497 e. The van der Waals surface area contributed by atoms with Crippen molar-refractivity contribution in [2.24, 2.45) is 0 Å². The summed E-state index contributed by atoms with van der Waals surface area (Å²) in [6, 6.07) is 11.9. The molecule has 0 saturated heterocycles. The van der Waals surface area contributed by atoms with Gasteiger partial charge in [0.2, 0.25) is 0 Å². The molecule has 3 nitrogen and oxygen atoms in total. The third-order valence-electron chi connectivity index (χ3n) is 3.03. The molecule has 0 radical (unpaired) electrons. The highest BCUT2D eigenvalue weighted by molar-refractivity contribution is 5.78. The molecule has 2 rings (SSSR count). The Morgan fingerprint density at radius 3 is 2.33 bits per heavy atom. The predicted molar refractivity (Wildman–Crippen MR) is 78.1 cm³/mol. The van der Waals surface area contributed by atoms with Gasteiger partial charge < -0.3 is 9.47 Å². The van der Waals surface area contributed by atoms with Gasteiger partial charge in [0.1, 0.15) is 29.7 Å². The van der Waals surface area contributed by atoms with E-state index in [-0.39, 0.29) is 18.2 Å². The van der Waals surface area contributed by atoms with Crippen LogP contribution in [-0.4, -0.2) is 12.9 Å². The Bertz CT molecular complexity index is 620. The molecule has 21 heavy (non-hydrogen) atoms. The van der Waals surface area contributed by atoms with Crippen LogP contribution in [0.1, 0.15) is 18.1 Å². The van der Waals surface area contributed by atoms with E-state index in [0.29, 0.717) is 23.5 Å². The Labute approximate surface area is 123 Å². The van der Waals surface area contributed by atoms with E-state index in [0.717, 1.165) is 5.56 Å². The molecule has 0 atom stereocenters. The summed E-state index contributed by atoms with van der Waals surface area (Å²) < 4.78 is 24.2. The molecular weight excluding hydrogens is 271 g/mol. The quantitative estimate of drug-likeness (QED) is 0.815. The molecule has 0 amide bonds. The van der Waals surface area contributed by atoms with Crippen LogP contribution < -0.4 is 9.47 Å². The smallest absolute Gasteiger partial charge is 0.134 e. The number of ketones is 1. The minimum atomic E-state index is -0.359. The van der Waals surface area contributed by atoms with Crippen LogP contribution in [0, 0.1) is 5.82 Å². The number of Topliss-reactive ketones (excluding diaryl/α,β-unsaturated/α-hetero) is 1. The highest BCUT2D eigenvalue weighted by Gasteiger charge is 2.05. The van der Waals surface area contributed by atoms with Crippen LogP contribution in [0.2, 0.25) is 0 Å². The van der Waals surface area contributed by atoms with Crippen molar-refractivity contribution in [3.05, 3.63) is 59.4 Å². The van der Waals surface area contributed by atoms with E-state index in [1.807, 2.05) is 12.1 Å². The highest BCUT2D eigenvalue weighted by atomic mass is 19.1. The summed E-state index contributed by atoms with van der Waals surface area (Å²) in [7, 11) is 1.49. The van der Waals surface area contributed by atoms with Crippen molar-refractivity contribution in [3.63, 3.8) is 0 Å². The average molecular weight is 288 g/mol. The summed E-state index contributed by atoms with van der Waals surface area (Å²) in [5.74, 6) is 0.869. The molecule has 0 aromatic heterocycles. The minimum Gasteiger partial charge on any atom is -0.497 e. The maximum absolute atomic E-state index is 13.7. The van der Waals surface area contributed by atoms with Crippen LogP contribution in [0.5, 0.6) is 11.5 Å². The lowest BCUT2D eigenvalue weighted by atomic mass is 10.1. The molecule has 2 aromatic rings. The first-order valence-electron chi connectivity index (χ1n) is 6.62. The van der Waals surface area contributed by atoms with Gasteiger partial charge in [-0.25, -0.2) is 4.39 Å². The van der Waals surface area contributed by atoms with Crippen LogP contribution >= 0.6 is 0 Å². The zero-order valence-corrected chi connectivity index (χ0v) is 12.1. The van der Waals surface area contributed by atoms with Crippen molar-refractivity contribution in [2.45, 2.75) is 20.0 Å². The molecule has 0 heterocycles. The van der Waals surface area contributed by atoms with Crippen LogP contribution in [-0.2, 0) is 17.8 Å². The van der Waals surface area contributed by atoms with E-state index in [2.05, 4.69) is 0 Å². The van der Waals surface area contributed by atoms with E-state index < -0.39 is 0 Å². The number of carbonyl (C=O) groups is 1. The van der Waals surface area contributed by atoms with Gasteiger partial charge in [-0.05, 0) is 36.8 Å². The van der Waals surface area contributed by atoms with Gasteiger partial charge in [0.25, 0.3) is 0 Å². The van der Waals surface area contributed by atoms with E-state index in [1.165, 1.54) is 13.2 Å². The van der Waals surface area contributed by atoms with Crippen molar-refractivity contribution < 1.29 is 18.7 Å². The number of hydrogen-bond acceptors (Lipinski definition) is 3. The molecule has 0 aliphatic heterocycles. The second-order valence-electron chi connectivity index (χ2n) is 4.77. The second-order valence-corrected chi connectivity index (χ2v) is 4.77. The fraction of sp³-hybridized carbons (Fsp3) is 0.235. The molecule has 0 unspecified atom stereocenters. The Balaban J connectivity index is 1.98. The number of hydrogen-bond donors (Lipinski definition) is 0. The molecule has 0 saturated carbocycles. The third kappa shape index (κ3) is 4.31. The summed E-state index contributed by atoms with van der Waals surface area (Å²) in [4.78, 5) is 11.0. The molecule has 0 spiro atoms.